The second-order valence-corrected chi connectivity index (χ2v) is 6.93. The van der Waals surface area contributed by atoms with E-state index >= 15 is 0 Å². The Labute approximate surface area is 84.2 Å². The first kappa shape index (κ1) is 11.5. The standard InChI is InChI=1S/C9H16O4S/c1-7(2)14(12,13)6-5-9(3-4-9)8(10)11/h7H,3-6H2,1-2H3,(H,10,11). The van der Waals surface area contributed by atoms with Gasteiger partial charge in [-0.15, -0.1) is 0 Å². The van der Waals surface area contributed by atoms with Crippen LogP contribution < -0.4 is 0 Å². The molecule has 0 aromatic carbocycles. The van der Waals surface area contributed by atoms with Crippen LogP contribution in [0.5, 0.6) is 0 Å². The fourth-order valence-electron chi connectivity index (χ4n) is 1.30. The fraction of sp³-hybridized carbons (Fsp3) is 0.889. The molecule has 0 unspecified atom stereocenters. The molecule has 14 heavy (non-hydrogen) atoms. The first-order chi connectivity index (χ1) is 6.30. The van der Waals surface area contributed by atoms with Gasteiger partial charge in [0.05, 0.1) is 16.4 Å². The number of carboxylic acid groups (broad SMARTS) is 1. The van der Waals surface area contributed by atoms with Crippen LogP contribution in [-0.2, 0) is 14.6 Å². The Morgan fingerprint density at radius 1 is 1.43 bits per heavy atom. The molecular weight excluding hydrogens is 204 g/mol. The molecule has 0 heterocycles. The third-order valence-corrected chi connectivity index (χ3v) is 5.10. The molecule has 5 heteroatoms. The average Bonchev–Trinajstić information content (AvgIpc) is 2.81. The van der Waals surface area contributed by atoms with Gasteiger partial charge in [-0.3, -0.25) is 4.79 Å². The van der Waals surface area contributed by atoms with E-state index in [-0.39, 0.29) is 12.2 Å². The van der Waals surface area contributed by atoms with Crippen molar-refractivity contribution in [2.45, 2.75) is 38.4 Å². The highest BCUT2D eigenvalue weighted by Crippen LogP contribution is 2.49. The maximum Gasteiger partial charge on any atom is 0.309 e. The van der Waals surface area contributed by atoms with Crippen molar-refractivity contribution in [3.05, 3.63) is 0 Å². The second-order valence-electron chi connectivity index (χ2n) is 4.25. The molecule has 0 aliphatic heterocycles. The lowest BCUT2D eigenvalue weighted by Crippen LogP contribution is -2.23. The molecule has 1 aliphatic carbocycles. The average molecular weight is 220 g/mol. The van der Waals surface area contributed by atoms with E-state index in [2.05, 4.69) is 0 Å². The largest absolute Gasteiger partial charge is 0.481 e. The maximum atomic E-state index is 11.4. The molecule has 4 nitrogen and oxygen atoms in total. The molecule has 0 amide bonds. The van der Waals surface area contributed by atoms with Crippen LogP contribution in [0, 0.1) is 5.41 Å². The monoisotopic (exact) mass is 220 g/mol. The molecule has 0 saturated heterocycles. The molecule has 0 aromatic rings. The Balaban J connectivity index is 2.54. The smallest absolute Gasteiger partial charge is 0.309 e. The van der Waals surface area contributed by atoms with Gasteiger partial charge in [0.15, 0.2) is 9.84 Å². The highest BCUT2D eigenvalue weighted by atomic mass is 32.2. The van der Waals surface area contributed by atoms with Crippen LogP contribution in [0.1, 0.15) is 33.1 Å². The van der Waals surface area contributed by atoms with Crippen LogP contribution in [0.2, 0.25) is 0 Å². The summed E-state index contributed by atoms with van der Waals surface area (Å²) in [4.78, 5) is 10.8. The summed E-state index contributed by atoms with van der Waals surface area (Å²) in [5, 5.41) is 8.43. The lowest BCUT2D eigenvalue weighted by molar-refractivity contribution is -0.143. The van der Waals surface area contributed by atoms with E-state index in [9.17, 15) is 13.2 Å². The Kier molecular flexibility index (Phi) is 2.90. The molecule has 82 valence electrons. The van der Waals surface area contributed by atoms with Crippen LogP contribution in [0.25, 0.3) is 0 Å². The van der Waals surface area contributed by atoms with E-state index in [1.165, 1.54) is 0 Å². The number of carboxylic acids is 1. The van der Waals surface area contributed by atoms with Gasteiger partial charge in [0.1, 0.15) is 0 Å². The lowest BCUT2D eigenvalue weighted by Gasteiger charge is -2.11. The Morgan fingerprint density at radius 2 is 1.93 bits per heavy atom. The molecule has 1 rings (SSSR count). The number of rotatable bonds is 5. The summed E-state index contributed by atoms with van der Waals surface area (Å²) in [6.07, 6.45) is 1.51. The summed E-state index contributed by atoms with van der Waals surface area (Å²) in [5.74, 6) is -0.854. The maximum absolute atomic E-state index is 11.4. The van der Waals surface area contributed by atoms with Gasteiger partial charge in [-0.1, -0.05) is 0 Å². The van der Waals surface area contributed by atoms with Gasteiger partial charge < -0.3 is 5.11 Å². The summed E-state index contributed by atoms with van der Waals surface area (Å²) in [6, 6.07) is 0. The van der Waals surface area contributed by atoms with Crippen molar-refractivity contribution < 1.29 is 18.3 Å². The zero-order chi connectivity index (χ0) is 11.0. The minimum absolute atomic E-state index is 0.00301. The van der Waals surface area contributed by atoms with Crippen molar-refractivity contribution >= 4 is 15.8 Å². The van der Waals surface area contributed by atoms with Crippen LogP contribution in [-0.4, -0.2) is 30.5 Å². The molecular formula is C9H16O4S. The molecule has 0 radical (unpaired) electrons. The van der Waals surface area contributed by atoms with Crippen LogP contribution in [0.3, 0.4) is 0 Å². The zero-order valence-electron chi connectivity index (χ0n) is 8.49. The normalized spacial score (nSPS) is 19.6. The first-order valence-corrected chi connectivity index (χ1v) is 6.47. The molecule has 1 fully saturated rings. The zero-order valence-corrected chi connectivity index (χ0v) is 9.30. The number of sulfone groups is 1. The fourth-order valence-corrected chi connectivity index (χ4v) is 2.44. The number of hydrogen-bond acceptors (Lipinski definition) is 3. The van der Waals surface area contributed by atoms with Crippen LogP contribution in [0.4, 0.5) is 0 Å². The van der Waals surface area contributed by atoms with E-state index in [1.807, 2.05) is 0 Å². The van der Waals surface area contributed by atoms with Crippen molar-refractivity contribution in [1.29, 1.82) is 0 Å². The first-order valence-electron chi connectivity index (χ1n) is 4.75. The molecule has 0 aromatic heterocycles. The van der Waals surface area contributed by atoms with Gasteiger partial charge in [-0.05, 0) is 33.1 Å². The van der Waals surface area contributed by atoms with Crippen LogP contribution >= 0.6 is 0 Å². The highest BCUT2D eigenvalue weighted by molar-refractivity contribution is 7.91. The quantitative estimate of drug-likeness (QED) is 0.752. The van der Waals surface area contributed by atoms with Gasteiger partial charge in [-0.2, -0.15) is 0 Å². The van der Waals surface area contributed by atoms with E-state index < -0.39 is 26.5 Å². The summed E-state index contributed by atoms with van der Waals surface area (Å²) in [5.41, 5.74) is -0.720. The Morgan fingerprint density at radius 3 is 2.21 bits per heavy atom. The topological polar surface area (TPSA) is 71.4 Å². The number of hydrogen-bond donors (Lipinski definition) is 1. The van der Waals surface area contributed by atoms with E-state index in [0.29, 0.717) is 12.8 Å². The molecule has 1 aliphatic rings. The summed E-state index contributed by atoms with van der Waals surface area (Å²) < 4.78 is 22.9. The van der Waals surface area contributed by atoms with Gasteiger partial charge in [0.25, 0.3) is 0 Å². The third-order valence-electron chi connectivity index (χ3n) is 2.89. The summed E-state index contributed by atoms with van der Waals surface area (Å²) in [6.45, 7) is 3.24. The van der Waals surface area contributed by atoms with Gasteiger partial charge >= 0.3 is 5.97 Å². The Bertz CT molecular complexity index is 325. The van der Waals surface area contributed by atoms with Crippen molar-refractivity contribution in [1.82, 2.24) is 0 Å². The van der Waals surface area contributed by atoms with E-state index in [1.54, 1.807) is 13.8 Å². The summed E-state index contributed by atoms with van der Waals surface area (Å²) in [7, 11) is -3.09. The van der Waals surface area contributed by atoms with E-state index in [0.717, 1.165) is 0 Å². The predicted octanol–water partition coefficient (Wildman–Crippen LogP) is 1.06. The highest BCUT2D eigenvalue weighted by Gasteiger charge is 2.50. The third kappa shape index (κ3) is 2.26. The number of carbonyl (C=O) groups is 1. The van der Waals surface area contributed by atoms with Crippen molar-refractivity contribution in [2.75, 3.05) is 5.75 Å². The lowest BCUT2D eigenvalue weighted by atomic mass is 10.1. The Hall–Kier alpha value is -0.580. The minimum atomic E-state index is -3.09. The van der Waals surface area contributed by atoms with Gasteiger partial charge in [0.2, 0.25) is 0 Å². The summed E-state index contributed by atoms with van der Waals surface area (Å²) >= 11 is 0. The molecule has 1 saturated carbocycles. The second kappa shape index (κ2) is 3.53. The van der Waals surface area contributed by atoms with Gasteiger partial charge in [0, 0.05) is 0 Å². The molecule has 1 N–H and O–H groups in total. The molecule has 0 bridgehead atoms. The SMILES string of the molecule is CC(C)S(=O)(=O)CCC1(C(=O)O)CC1. The minimum Gasteiger partial charge on any atom is -0.481 e. The van der Waals surface area contributed by atoms with Crippen molar-refractivity contribution in [2.24, 2.45) is 5.41 Å². The molecule has 0 spiro atoms. The van der Waals surface area contributed by atoms with Crippen molar-refractivity contribution in [3.8, 4) is 0 Å². The van der Waals surface area contributed by atoms with Crippen molar-refractivity contribution in [3.63, 3.8) is 0 Å². The number of aliphatic carboxylic acids is 1. The van der Waals surface area contributed by atoms with Gasteiger partial charge in [-0.25, -0.2) is 8.42 Å². The molecule has 0 atom stereocenters. The van der Waals surface area contributed by atoms with E-state index in [4.69, 9.17) is 5.11 Å². The predicted molar refractivity (Wildman–Crippen MR) is 52.8 cm³/mol. The van der Waals surface area contributed by atoms with Crippen LogP contribution in [0.15, 0.2) is 0 Å².